The maximum Gasteiger partial charge on any atom is 0.252 e. The summed E-state index contributed by atoms with van der Waals surface area (Å²) in [5.74, 6) is 0.618. The Bertz CT molecular complexity index is 689. The predicted octanol–water partition coefficient (Wildman–Crippen LogP) is 2.82. The van der Waals surface area contributed by atoms with Gasteiger partial charge in [-0.25, -0.2) is 0 Å². The molecule has 3 rings (SSSR count). The van der Waals surface area contributed by atoms with Crippen LogP contribution in [0.3, 0.4) is 0 Å². The molecule has 1 aliphatic rings. The van der Waals surface area contributed by atoms with E-state index in [0.717, 1.165) is 38.2 Å². The fourth-order valence-corrected chi connectivity index (χ4v) is 3.45. The highest BCUT2D eigenvalue weighted by atomic mass is 16.1. The normalized spacial score (nSPS) is 18.0. The lowest BCUT2D eigenvalue weighted by Gasteiger charge is -2.32. The molecule has 132 valence electrons. The Morgan fingerprint density at radius 1 is 1.28 bits per heavy atom. The molecule has 25 heavy (non-hydrogen) atoms. The average Bonchev–Trinajstić information content (AvgIpc) is 2.63. The Balaban J connectivity index is 1.43. The largest absolute Gasteiger partial charge is 0.352 e. The number of pyridine rings is 2. The molecule has 0 radical (unpaired) electrons. The molecular weight excluding hydrogens is 312 g/mol. The van der Waals surface area contributed by atoms with Crippen molar-refractivity contribution in [3.8, 4) is 0 Å². The van der Waals surface area contributed by atoms with Crippen LogP contribution in [0.4, 0.5) is 0 Å². The van der Waals surface area contributed by atoms with E-state index in [4.69, 9.17) is 0 Å². The Morgan fingerprint density at radius 3 is 2.92 bits per heavy atom. The van der Waals surface area contributed by atoms with Crippen molar-refractivity contribution in [3.05, 3.63) is 59.7 Å². The van der Waals surface area contributed by atoms with Crippen LogP contribution in [0.1, 0.15) is 40.7 Å². The van der Waals surface area contributed by atoms with Crippen molar-refractivity contribution >= 4 is 5.91 Å². The lowest BCUT2D eigenvalue weighted by atomic mass is 9.94. The van der Waals surface area contributed by atoms with Gasteiger partial charge in [0.25, 0.3) is 5.91 Å². The van der Waals surface area contributed by atoms with E-state index in [1.165, 1.54) is 18.4 Å². The Labute approximate surface area is 149 Å². The van der Waals surface area contributed by atoms with Crippen molar-refractivity contribution < 1.29 is 4.79 Å². The van der Waals surface area contributed by atoms with Gasteiger partial charge in [-0.15, -0.1) is 0 Å². The lowest BCUT2D eigenvalue weighted by molar-refractivity contribution is 0.0946. The number of hydrogen-bond acceptors (Lipinski definition) is 4. The van der Waals surface area contributed by atoms with Gasteiger partial charge in [0.05, 0.1) is 5.56 Å². The van der Waals surface area contributed by atoms with E-state index >= 15 is 0 Å². The molecule has 0 bridgehead atoms. The third-order valence-corrected chi connectivity index (χ3v) is 4.73. The molecule has 1 amide bonds. The molecule has 5 heteroatoms. The number of nitrogens with one attached hydrogen (secondary N) is 1. The summed E-state index contributed by atoms with van der Waals surface area (Å²) in [5.41, 5.74) is 2.96. The van der Waals surface area contributed by atoms with Crippen molar-refractivity contribution in [1.29, 1.82) is 0 Å². The number of amides is 1. The molecule has 0 unspecified atom stereocenters. The summed E-state index contributed by atoms with van der Waals surface area (Å²) in [6.07, 6.45) is 10.6. The summed E-state index contributed by atoms with van der Waals surface area (Å²) in [5, 5.41) is 3.03. The van der Waals surface area contributed by atoms with E-state index in [1.54, 1.807) is 12.4 Å². The summed E-state index contributed by atoms with van der Waals surface area (Å²) in [6, 6.07) is 6.04. The number of likely N-dealkylation sites (tertiary alicyclic amines) is 1. The lowest BCUT2D eigenvalue weighted by Crippen LogP contribution is -2.36. The summed E-state index contributed by atoms with van der Waals surface area (Å²) < 4.78 is 0. The van der Waals surface area contributed by atoms with E-state index in [9.17, 15) is 4.79 Å². The van der Waals surface area contributed by atoms with Crippen LogP contribution in [0.15, 0.2) is 43.0 Å². The number of hydrogen-bond donors (Lipinski definition) is 1. The summed E-state index contributed by atoms with van der Waals surface area (Å²) in [7, 11) is 0. The minimum Gasteiger partial charge on any atom is -0.352 e. The van der Waals surface area contributed by atoms with Crippen LogP contribution in [-0.4, -0.2) is 40.4 Å². The molecule has 0 aliphatic carbocycles. The molecule has 5 nitrogen and oxygen atoms in total. The highest BCUT2D eigenvalue weighted by Gasteiger charge is 2.20. The molecule has 2 aromatic rings. The van der Waals surface area contributed by atoms with Gasteiger partial charge in [-0.1, -0.05) is 0 Å². The first-order chi connectivity index (χ1) is 12.2. The van der Waals surface area contributed by atoms with Crippen LogP contribution in [0.5, 0.6) is 0 Å². The Hall–Kier alpha value is -2.27. The second-order valence-corrected chi connectivity index (χ2v) is 6.89. The van der Waals surface area contributed by atoms with E-state index in [2.05, 4.69) is 32.3 Å². The third kappa shape index (κ3) is 5.36. The molecule has 0 aromatic carbocycles. The van der Waals surface area contributed by atoms with Crippen molar-refractivity contribution in [1.82, 2.24) is 20.2 Å². The van der Waals surface area contributed by atoms with Crippen LogP contribution in [-0.2, 0) is 6.54 Å². The number of carbonyl (C=O) groups is 1. The van der Waals surface area contributed by atoms with Gasteiger partial charge in [-0.3, -0.25) is 19.7 Å². The third-order valence-electron chi connectivity index (χ3n) is 4.73. The molecule has 0 spiro atoms. The summed E-state index contributed by atoms with van der Waals surface area (Å²) >= 11 is 0. The van der Waals surface area contributed by atoms with Gasteiger partial charge in [-0.05, 0) is 68.0 Å². The first-order valence-electron chi connectivity index (χ1n) is 9.02. The van der Waals surface area contributed by atoms with Crippen molar-refractivity contribution in [2.45, 2.75) is 32.7 Å². The molecule has 2 aromatic heterocycles. The van der Waals surface area contributed by atoms with Gasteiger partial charge >= 0.3 is 0 Å². The van der Waals surface area contributed by atoms with Crippen molar-refractivity contribution in [2.24, 2.45) is 5.92 Å². The van der Waals surface area contributed by atoms with Crippen molar-refractivity contribution in [2.75, 3.05) is 19.6 Å². The maximum absolute atomic E-state index is 12.2. The first-order valence-corrected chi connectivity index (χ1v) is 9.02. The fourth-order valence-electron chi connectivity index (χ4n) is 3.45. The molecule has 1 aliphatic heterocycles. The van der Waals surface area contributed by atoms with Crippen LogP contribution >= 0.6 is 0 Å². The van der Waals surface area contributed by atoms with Gasteiger partial charge in [-0.2, -0.15) is 0 Å². The maximum atomic E-state index is 12.2. The smallest absolute Gasteiger partial charge is 0.252 e. The monoisotopic (exact) mass is 338 g/mol. The number of piperidine rings is 1. The number of aromatic nitrogens is 2. The zero-order valence-electron chi connectivity index (χ0n) is 14.8. The summed E-state index contributed by atoms with van der Waals surface area (Å²) in [6.45, 7) is 5.91. The van der Waals surface area contributed by atoms with Crippen molar-refractivity contribution in [3.63, 3.8) is 0 Å². The van der Waals surface area contributed by atoms with Crippen LogP contribution in [0.25, 0.3) is 0 Å². The Kier molecular flexibility index (Phi) is 6.12. The second-order valence-electron chi connectivity index (χ2n) is 6.89. The van der Waals surface area contributed by atoms with E-state index in [-0.39, 0.29) is 5.91 Å². The Morgan fingerprint density at radius 2 is 2.12 bits per heavy atom. The highest BCUT2D eigenvalue weighted by Crippen LogP contribution is 2.20. The molecule has 1 atom stereocenters. The van der Waals surface area contributed by atoms with E-state index in [1.807, 2.05) is 25.4 Å². The first kappa shape index (κ1) is 17.5. The second kappa shape index (κ2) is 8.72. The molecular formula is C20H26N4O. The van der Waals surface area contributed by atoms with Gasteiger partial charge in [0, 0.05) is 44.4 Å². The topological polar surface area (TPSA) is 58.1 Å². The predicted molar refractivity (Wildman–Crippen MR) is 98.2 cm³/mol. The SMILES string of the molecule is Cc1cncc(C(=O)NCC[C@@H]2CCCN(Cc3ccncc3)C2)c1. The van der Waals surface area contributed by atoms with E-state index in [0.29, 0.717) is 11.5 Å². The van der Waals surface area contributed by atoms with Crippen LogP contribution in [0, 0.1) is 12.8 Å². The number of aryl methyl sites for hydroxylation is 1. The minimum atomic E-state index is -0.0272. The molecule has 1 fully saturated rings. The van der Waals surface area contributed by atoms with E-state index < -0.39 is 0 Å². The molecule has 1 saturated heterocycles. The number of carbonyl (C=O) groups excluding carboxylic acids is 1. The van der Waals surface area contributed by atoms with Crippen LogP contribution < -0.4 is 5.32 Å². The number of rotatable bonds is 6. The number of nitrogens with zero attached hydrogens (tertiary/aromatic N) is 3. The zero-order valence-corrected chi connectivity index (χ0v) is 14.8. The molecule has 1 N–H and O–H groups in total. The standard InChI is InChI=1S/C20H26N4O/c1-16-11-19(13-22-12-16)20(25)23-9-6-17-3-2-10-24(14-17)15-18-4-7-21-8-5-18/h4-5,7-8,11-13,17H,2-3,6,9-10,14-15H2,1H3,(H,23,25)/t17-/m0/s1. The van der Waals surface area contributed by atoms with Gasteiger partial charge < -0.3 is 5.32 Å². The van der Waals surface area contributed by atoms with Gasteiger partial charge in [0.2, 0.25) is 0 Å². The minimum absolute atomic E-state index is 0.0272. The average molecular weight is 338 g/mol. The molecule has 3 heterocycles. The van der Waals surface area contributed by atoms with Crippen LogP contribution in [0.2, 0.25) is 0 Å². The zero-order chi connectivity index (χ0) is 17.5. The van der Waals surface area contributed by atoms with Gasteiger partial charge in [0.1, 0.15) is 0 Å². The quantitative estimate of drug-likeness (QED) is 0.880. The highest BCUT2D eigenvalue weighted by molar-refractivity contribution is 5.93. The fraction of sp³-hybridized carbons (Fsp3) is 0.450. The van der Waals surface area contributed by atoms with Gasteiger partial charge in [0.15, 0.2) is 0 Å². The molecule has 0 saturated carbocycles. The summed E-state index contributed by atoms with van der Waals surface area (Å²) in [4.78, 5) is 22.8.